The molecule has 0 unspecified atom stereocenters. The first-order valence-corrected chi connectivity index (χ1v) is 11.8. The number of fused-ring (bicyclic) bond motifs is 1. The van der Waals surface area contributed by atoms with Crippen LogP contribution in [-0.4, -0.2) is 80.6 Å². The van der Waals surface area contributed by atoms with E-state index in [0.717, 1.165) is 16.2 Å². The summed E-state index contributed by atoms with van der Waals surface area (Å²) in [6.45, 7) is 2.72. The summed E-state index contributed by atoms with van der Waals surface area (Å²) in [5, 5.41) is 17.0. The maximum absolute atomic E-state index is 12.8. The lowest BCUT2D eigenvalue weighted by Crippen LogP contribution is -2.71. The van der Waals surface area contributed by atoms with E-state index in [1.54, 1.807) is 6.92 Å². The molecule has 13 nitrogen and oxygen atoms in total. The SMILES string of the molecule is CCO/N=C(\C(=O)N[C@@H]1C(=O)N2C(C(=O)O)=C(COC(=O)CC(C)=O)CS[C@H]12)c1csc(N)n1. The second-order valence-electron chi connectivity index (χ2n) is 7.09. The monoisotopic (exact) mass is 511 g/mol. The summed E-state index contributed by atoms with van der Waals surface area (Å²) >= 11 is 2.30. The number of aliphatic carboxylic acids is 1. The van der Waals surface area contributed by atoms with Crippen LogP contribution < -0.4 is 11.1 Å². The minimum absolute atomic E-state index is 0.137. The number of esters is 1. The van der Waals surface area contributed by atoms with Gasteiger partial charge in [0.1, 0.15) is 48.2 Å². The van der Waals surface area contributed by atoms with Crippen molar-refractivity contribution in [2.24, 2.45) is 5.16 Å². The van der Waals surface area contributed by atoms with E-state index >= 15 is 0 Å². The molecule has 182 valence electrons. The number of ether oxygens (including phenoxy) is 1. The first kappa shape index (κ1) is 25.2. The molecule has 0 saturated carbocycles. The van der Waals surface area contributed by atoms with Crippen molar-refractivity contribution in [3.63, 3.8) is 0 Å². The summed E-state index contributed by atoms with van der Waals surface area (Å²) in [4.78, 5) is 70.2. The quantitative estimate of drug-likeness (QED) is 0.123. The number of aromatic nitrogens is 1. The third-order valence-corrected chi connectivity index (χ3v) is 6.62. The van der Waals surface area contributed by atoms with Crippen LogP contribution in [0.3, 0.4) is 0 Å². The number of carbonyl (C=O) groups excluding carboxylic acids is 4. The van der Waals surface area contributed by atoms with Crippen molar-refractivity contribution in [2.45, 2.75) is 31.7 Å². The number of hydrogen-bond donors (Lipinski definition) is 3. The van der Waals surface area contributed by atoms with Crippen LogP contribution in [0.15, 0.2) is 21.8 Å². The molecule has 1 fully saturated rings. The van der Waals surface area contributed by atoms with E-state index in [1.807, 2.05) is 0 Å². The zero-order valence-electron chi connectivity index (χ0n) is 18.1. The Kier molecular flexibility index (Phi) is 7.88. The molecule has 2 aliphatic heterocycles. The van der Waals surface area contributed by atoms with Gasteiger partial charge in [0, 0.05) is 16.7 Å². The van der Waals surface area contributed by atoms with Gasteiger partial charge >= 0.3 is 11.9 Å². The van der Waals surface area contributed by atoms with E-state index in [9.17, 15) is 29.1 Å². The Labute approximate surface area is 201 Å². The largest absolute Gasteiger partial charge is 0.477 e. The number of amides is 2. The second-order valence-corrected chi connectivity index (χ2v) is 9.08. The van der Waals surface area contributed by atoms with Gasteiger partial charge in [-0.25, -0.2) is 9.78 Å². The van der Waals surface area contributed by atoms with E-state index < -0.39 is 41.6 Å². The van der Waals surface area contributed by atoms with E-state index in [-0.39, 0.29) is 52.6 Å². The van der Waals surface area contributed by atoms with E-state index in [2.05, 4.69) is 15.5 Å². The molecule has 3 heterocycles. The number of carbonyl (C=O) groups is 5. The van der Waals surface area contributed by atoms with Gasteiger partial charge in [-0.1, -0.05) is 5.16 Å². The molecule has 2 amide bonds. The molecule has 0 aliphatic carbocycles. The molecule has 2 aliphatic rings. The molecule has 2 atom stereocenters. The molecule has 0 aromatic carbocycles. The molecule has 1 aromatic heterocycles. The van der Waals surface area contributed by atoms with E-state index in [1.165, 1.54) is 24.1 Å². The molecule has 1 saturated heterocycles. The predicted molar refractivity (Wildman–Crippen MR) is 121 cm³/mol. The lowest BCUT2D eigenvalue weighted by molar-refractivity contribution is -0.150. The first-order chi connectivity index (χ1) is 16.1. The van der Waals surface area contributed by atoms with Gasteiger partial charge in [-0.3, -0.25) is 24.1 Å². The van der Waals surface area contributed by atoms with Crippen molar-refractivity contribution in [3.8, 4) is 0 Å². The van der Waals surface area contributed by atoms with Gasteiger partial charge in [-0.05, 0) is 13.8 Å². The van der Waals surface area contributed by atoms with Crippen LogP contribution in [-0.2, 0) is 33.5 Å². The maximum Gasteiger partial charge on any atom is 0.352 e. The van der Waals surface area contributed by atoms with Gasteiger partial charge in [-0.15, -0.1) is 23.1 Å². The van der Waals surface area contributed by atoms with Crippen molar-refractivity contribution in [2.75, 3.05) is 24.7 Å². The highest BCUT2D eigenvalue weighted by atomic mass is 32.2. The van der Waals surface area contributed by atoms with Crippen LogP contribution in [0, 0.1) is 0 Å². The minimum atomic E-state index is -1.38. The van der Waals surface area contributed by atoms with Gasteiger partial charge in [0.25, 0.3) is 11.8 Å². The third kappa shape index (κ3) is 5.36. The normalized spacial score (nSPS) is 19.8. The molecular weight excluding hydrogens is 490 g/mol. The van der Waals surface area contributed by atoms with Crippen LogP contribution in [0.2, 0.25) is 0 Å². The summed E-state index contributed by atoms with van der Waals surface area (Å²) in [6, 6.07) is -1.02. The standard InChI is InChI=1S/C19H21N5O8S2/c1-3-32-23-12(10-7-34-19(20)21-10)15(27)22-13-16(28)24-14(18(29)30)9(6-33-17(13)24)5-31-11(26)4-8(2)25/h7,13,17H,3-6H2,1-2H3,(H2,20,21)(H,22,27)(H,29,30)/b23-12-/t13-,17-/m1/s1. The number of β-lactam (4-membered cyclic amide) rings is 1. The average molecular weight is 512 g/mol. The molecular formula is C19H21N5O8S2. The molecule has 15 heteroatoms. The molecule has 1 aromatic rings. The lowest BCUT2D eigenvalue weighted by atomic mass is 10.0. The van der Waals surface area contributed by atoms with E-state index in [0.29, 0.717) is 0 Å². The van der Waals surface area contributed by atoms with Crippen LogP contribution in [0.5, 0.6) is 0 Å². The summed E-state index contributed by atoms with van der Waals surface area (Å²) in [7, 11) is 0. The van der Waals surface area contributed by atoms with Crippen LogP contribution >= 0.6 is 23.1 Å². The smallest absolute Gasteiger partial charge is 0.352 e. The number of Topliss-reactive ketones (excluding diaryl/α,β-unsaturated/α-hetero) is 1. The number of rotatable bonds is 10. The maximum atomic E-state index is 12.8. The van der Waals surface area contributed by atoms with Crippen molar-refractivity contribution in [1.29, 1.82) is 0 Å². The summed E-state index contributed by atoms with van der Waals surface area (Å²) < 4.78 is 4.98. The fourth-order valence-electron chi connectivity index (χ4n) is 3.16. The van der Waals surface area contributed by atoms with Crippen LogP contribution in [0.4, 0.5) is 5.13 Å². The number of oxime groups is 1. The summed E-state index contributed by atoms with van der Waals surface area (Å²) in [6.07, 6.45) is -0.432. The second kappa shape index (κ2) is 10.6. The van der Waals surface area contributed by atoms with Crippen LogP contribution in [0.25, 0.3) is 0 Å². The molecule has 3 rings (SSSR count). The Hall–Kier alpha value is -3.46. The minimum Gasteiger partial charge on any atom is -0.477 e. The fourth-order valence-corrected chi connectivity index (χ4v) is 5.03. The van der Waals surface area contributed by atoms with Gasteiger partial charge in [0.2, 0.25) is 0 Å². The molecule has 34 heavy (non-hydrogen) atoms. The summed E-state index contributed by atoms with van der Waals surface area (Å²) in [5.41, 5.74) is 5.52. The summed E-state index contributed by atoms with van der Waals surface area (Å²) in [5.74, 6) is -3.80. The fraction of sp³-hybridized carbons (Fsp3) is 0.421. The van der Waals surface area contributed by atoms with Gasteiger partial charge < -0.3 is 25.7 Å². The van der Waals surface area contributed by atoms with Crippen LogP contribution in [0.1, 0.15) is 26.0 Å². The topological polar surface area (TPSA) is 191 Å². The van der Waals surface area contributed by atoms with Gasteiger partial charge in [0.15, 0.2) is 10.8 Å². The Balaban J connectivity index is 1.74. The van der Waals surface area contributed by atoms with Gasteiger partial charge in [-0.2, -0.15) is 0 Å². The van der Waals surface area contributed by atoms with Crippen molar-refractivity contribution in [1.82, 2.24) is 15.2 Å². The number of nitrogens with zero attached hydrogens (tertiary/aromatic N) is 3. The highest BCUT2D eigenvalue weighted by Gasteiger charge is 2.54. The number of nitrogen functional groups attached to an aromatic ring is 1. The number of carboxylic acids is 1. The number of anilines is 1. The zero-order chi connectivity index (χ0) is 25.0. The Bertz CT molecular complexity index is 1100. The molecule has 0 radical (unpaired) electrons. The van der Waals surface area contributed by atoms with Crippen molar-refractivity contribution >= 4 is 63.5 Å². The zero-order valence-corrected chi connectivity index (χ0v) is 19.7. The van der Waals surface area contributed by atoms with Crippen molar-refractivity contribution in [3.05, 3.63) is 22.3 Å². The number of ketones is 1. The average Bonchev–Trinajstić information content (AvgIpc) is 3.20. The highest BCUT2D eigenvalue weighted by Crippen LogP contribution is 2.40. The number of thiazole rings is 1. The number of thioether (sulfide) groups is 1. The number of nitrogens with one attached hydrogen (secondary N) is 1. The number of carboxylic acid groups (broad SMARTS) is 1. The first-order valence-electron chi connectivity index (χ1n) is 9.91. The van der Waals surface area contributed by atoms with E-state index in [4.69, 9.17) is 15.3 Å². The molecule has 4 N–H and O–H groups in total. The van der Waals surface area contributed by atoms with Gasteiger partial charge in [0.05, 0.1) is 0 Å². The third-order valence-electron chi connectivity index (χ3n) is 4.60. The number of hydrogen-bond acceptors (Lipinski definition) is 12. The highest BCUT2D eigenvalue weighted by molar-refractivity contribution is 8.00. The predicted octanol–water partition coefficient (Wildman–Crippen LogP) is -0.273. The Morgan fingerprint density at radius 3 is 2.71 bits per heavy atom. The number of nitrogens with two attached hydrogens (primary N) is 1. The Morgan fingerprint density at radius 1 is 1.38 bits per heavy atom. The lowest BCUT2D eigenvalue weighted by Gasteiger charge is -2.49. The molecule has 0 bridgehead atoms. The Morgan fingerprint density at radius 2 is 2.12 bits per heavy atom. The molecule has 0 spiro atoms. The van der Waals surface area contributed by atoms with Crippen molar-refractivity contribution < 1.29 is 38.7 Å².